The summed E-state index contributed by atoms with van der Waals surface area (Å²) in [5, 5.41) is 10.9. The molecule has 1 unspecified atom stereocenters. The zero-order valence-corrected chi connectivity index (χ0v) is 9.63. The maximum atomic E-state index is 5.41. The van der Waals surface area contributed by atoms with Gasteiger partial charge < -0.3 is 15.5 Å². The second-order valence-corrected chi connectivity index (χ2v) is 3.69. The quantitative estimate of drug-likeness (QED) is 0.804. The Bertz CT molecular complexity index is 456. The van der Waals surface area contributed by atoms with Crippen LogP contribution in [0.4, 0.5) is 6.01 Å². The van der Waals surface area contributed by atoms with Gasteiger partial charge >= 0.3 is 6.01 Å². The Morgan fingerprint density at radius 1 is 1.47 bits per heavy atom. The lowest BCUT2D eigenvalue weighted by molar-refractivity contribution is 0.502. The summed E-state index contributed by atoms with van der Waals surface area (Å²) in [5.41, 5.74) is 6.47. The van der Waals surface area contributed by atoms with E-state index in [1.54, 1.807) is 12.4 Å². The van der Waals surface area contributed by atoms with Crippen LogP contribution in [0.1, 0.15) is 24.4 Å². The first kappa shape index (κ1) is 11.5. The van der Waals surface area contributed by atoms with E-state index >= 15 is 0 Å². The van der Waals surface area contributed by atoms with Crippen LogP contribution in [-0.4, -0.2) is 21.7 Å². The molecule has 0 amide bonds. The van der Waals surface area contributed by atoms with E-state index in [0.717, 1.165) is 5.56 Å². The summed E-state index contributed by atoms with van der Waals surface area (Å²) < 4.78 is 5.38. The van der Waals surface area contributed by atoms with Gasteiger partial charge in [-0.1, -0.05) is 11.2 Å². The van der Waals surface area contributed by atoms with Gasteiger partial charge in [0.1, 0.15) is 0 Å². The lowest BCUT2D eigenvalue weighted by Gasteiger charge is -2.10. The highest BCUT2D eigenvalue weighted by Crippen LogP contribution is 2.17. The number of nitrogens with two attached hydrogens (primary N) is 1. The van der Waals surface area contributed by atoms with Gasteiger partial charge in [0.05, 0.1) is 6.04 Å². The van der Waals surface area contributed by atoms with Gasteiger partial charge in [0.25, 0.3) is 0 Å². The van der Waals surface area contributed by atoms with Crippen molar-refractivity contribution in [2.75, 3.05) is 11.9 Å². The zero-order valence-electron chi connectivity index (χ0n) is 9.63. The van der Waals surface area contributed by atoms with E-state index in [9.17, 15) is 0 Å². The molecule has 6 heteroatoms. The van der Waals surface area contributed by atoms with Crippen LogP contribution in [0.15, 0.2) is 28.9 Å². The molecule has 2 aromatic heterocycles. The molecule has 0 aliphatic carbocycles. The highest BCUT2D eigenvalue weighted by Gasteiger charge is 2.10. The van der Waals surface area contributed by atoms with E-state index in [-0.39, 0.29) is 6.04 Å². The molecule has 2 aromatic rings. The Kier molecular flexibility index (Phi) is 3.66. The second-order valence-electron chi connectivity index (χ2n) is 3.69. The predicted octanol–water partition coefficient (Wildman–Crippen LogP) is 1.14. The van der Waals surface area contributed by atoms with Gasteiger partial charge in [-0.05, 0) is 18.6 Å². The van der Waals surface area contributed by atoms with Gasteiger partial charge in [0.15, 0.2) is 0 Å². The van der Waals surface area contributed by atoms with Gasteiger partial charge in [-0.25, -0.2) is 0 Å². The Balaban J connectivity index is 2.00. The Morgan fingerprint density at radius 3 is 3.06 bits per heavy atom. The number of aromatic nitrogens is 3. The fraction of sp³-hybridized carbons (Fsp3) is 0.364. The van der Waals surface area contributed by atoms with Crippen LogP contribution in [0.5, 0.6) is 0 Å². The number of pyridine rings is 1. The first-order valence-electron chi connectivity index (χ1n) is 5.48. The second kappa shape index (κ2) is 5.40. The highest BCUT2D eigenvalue weighted by atomic mass is 16.4. The predicted molar refractivity (Wildman–Crippen MR) is 63.3 cm³/mol. The molecule has 2 rings (SSSR count). The van der Waals surface area contributed by atoms with Crippen LogP contribution in [0, 0.1) is 0 Å². The van der Waals surface area contributed by atoms with Crippen molar-refractivity contribution >= 4 is 6.01 Å². The molecule has 2 heterocycles. The SMILES string of the molecule is CC(Nc1nnc(CCN)o1)c1cccnc1. The lowest BCUT2D eigenvalue weighted by atomic mass is 10.1. The lowest BCUT2D eigenvalue weighted by Crippen LogP contribution is -2.06. The van der Waals surface area contributed by atoms with E-state index in [4.69, 9.17) is 10.2 Å². The van der Waals surface area contributed by atoms with Crippen LogP contribution in [0.25, 0.3) is 0 Å². The maximum absolute atomic E-state index is 5.41. The first-order chi connectivity index (χ1) is 8.29. The number of hydrogen-bond donors (Lipinski definition) is 2. The summed E-state index contributed by atoms with van der Waals surface area (Å²) in [6.45, 7) is 2.50. The van der Waals surface area contributed by atoms with E-state index in [2.05, 4.69) is 20.5 Å². The summed E-state index contributed by atoms with van der Waals surface area (Å²) in [6.07, 6.45) is 4.13. The van der Waals surface area contributed by atoms with Crippen molar-refractivity contribution in [3.8, 4) is 0 Å². The average Bonchev–Trinajstić information content (AvgIpc) is 2.78. The van der Waals surface area contributed by atoms with Crippen molar-refractivity contribution in [3.05, 3.63) is 36.0 Å². The molecule has 0 aromatic carbocycles. The Hall–Kier alpha value is -1.95. The van der Waals surface area contributed by atoms with E-state index in [1.165, 1.54) is 0 Å². The largest absolute Gasteiger partial charge is 0.408 e. The van der Waals surface area contributed by atoms with Crippen molar-refractivity contribution in [1.82, 2.24) is 15.2 Å². The number of hydrogen-bond acceptors (Lipinski definition) is 6. The zero-order chi connectivity index (χ0) is 12.1. The molecular weight excluding hydrogens is 218 g/mol. The standard InChI is InChI=1S/C11H15N5O/c1-8(9-3-2-6-13-7-9)14-11-16-15-10(17-11)4-5-12/h2-3,6-8H,4-5,12H2,1H3,(H,14,16). The van der Waals surface area contributed by atoms with Gasteiger partial charge in [-0.15, -0.1) is 5.10 Å². The van der Waals surface area contributed by atoms with Crippen molar-refractivity contribution in [2.45, 2.75) is 19.4 Å². The molecule has 3 N–H and O–H groups in total. The minimum Gasteiger partial charge on any atom is -0.408 e. The van der Waals surface area contributed by atoms with Crippen LogP contribution in [0.2, 0.25) is 0 Å². The summed E-state index contributed by atoms with van der Waals surface area (Å²) in [5.74, 6) is 0.549. The molecule has 0 aliphatic heterocycles. The molecule has 0 bridgehead atoms. The maximum Gasteiger partial charge on any atom is 0.315 e. The van der Waals surface area contributed by atoms with Crippen molar-refractivity contribution in [3.63, 3.8) is 0 Å². The fourth-order valence-electron chi connectivity index (χ4n) is 1.44. The van der Waals surface area contributed by atoms with Crippen molar-refractivity contribution in [1.29, 1.82) is 0 Å². The van der Waals surface area contributed by atoms with Crippen LogP contribution in [-0.2, 0) is 6.42 Å². The number of nitrogens with zero attached hydrogens (tertiary/aromatic N) is 3. The van der Waals surface area contributed by atoms with Crippen LogP contribution < -0.4 is 11.1 Å². The molecule has 0 radical (unpaired) electrons. The third-order valence-electron chi connectivity index (χ3n) is 2.35. The number of anilines is 1. The minimum absolute atomic E-state index is 0.0647. The molecule has 0 aliphatic rings. The third kappa shape index (κ3) is 3.01. The van der Waals surface area contributed by atoms with E-state index in [1.807, 2.05) is 19.1 Å². The number of nitrogens with one attached hydrogen (secondary N) is 1. The Labute approximate surface area is 99.3 Å². The molecule has 0 spiro atoms. The van der Waals surface area contributed by atoms with Gasteiger partial charge in [0.2, 0.25) is 5.89 Å². The molecule has 17 heavy (non-hydrogen) atoms. The topological polar surface area (TPSA) is 89.9 Å². The molecule has 6 nitrogen and oxygen atoms in total. The summed E-state index contributed by atoms with van der Waals surface area (Å²) in [4.78, 5) is 4.06. The van der Waals surface area contributed by atoms with E-state index < -0.39 is 0 Å². The monoisotopic (exact) mass is 233 g/mol. The van der Waals surface area contributed by atoms with Gasteiger partial charge in [-0.3, -0.25) is 4.98 Å². The van der Waals surface area contributed by atoms with Crippen LogP contribution in [0.3, 0.4) is 0 Å². The molecule has 0 fully saturated rings. The van der Waals surface area contributed by atoms with Crippen LogP contribution >= 0.6 is 0 Å². The molecule has 90 valence electrons. The normalized spacial score (nSPS) is 12.4. The molecule has 1 atom stereocenters. The van der Waals surface area contributed by atoms with Crippen molar-refractivity contribution < 1.29 is 4.42 Å². The average molecular weight is 233 g/mol. The van der Waals surface area contributed by atoms with Gasteiger partial charge in [-0.2, -0.15) is 0 Å². The minimum atomic E-state index is 0.0647. The highest BCUT2D eigenvalue weighted by molar-refractivity contribution is 5.26. The number of rotatable bonds is 5. The molecule has 0 saturated carbocycles. The molecular formula is C11H15N5O. The fourth-order valence-corrected chi connectivity index (χ4v) is 1.44. The summed E-state index contributed by atoms with van der Waals surface area (Å²) in [7, 11) is 0. The summed E-state index contributed by atoms with van der Waals surface area (Å²) >= 11 is 0. The van der Waals surface area contributed by atoms with Gasteiger partial charge in [0, 0.05) is 25.4 Å². The smallest absolute Gasteiger partial charge is 0.315 e. The third-order valence-corrected chi connectivity index (χ3v) is 2.35. The van der Waals surface area contributed by atoms with E-state index in [0.29, 0.717) is 24.9 Å². The first-order valence-corrected chi connectivity index (χ1v) is 5.48. The molecule has 0 saturated heterocycles. The van der Waals surface area contributed by atoms with Crippen molar-refractivity contribution in [2.24, 2.45) is 5.73 Å². The Morgan fingerprint density at radius 2 is 2.35 bits per heavy atom. The summed E-state index contributed by atoms with van der Waals surface area (Å²) in [6, 6.07) is 4.35.